The molecule has 0 heterocycles. The van der Waals surface area contributed by atoms with Crippen molar-refractivity contribution in [2.75, 3.05) is 5.01 Å². The van der Waals surface area contributed by atoms with Gasteiger partial charge in [0.05, 0.1) is 10.7 Å². The summed E-state index contributed by atoms with van der Waals surface area (Å²) >= 11 is 5.49. The summed E-state index contributed by atoms with van der Waals surface area (Å²) in [6.45, 7) is 1.30. The van der Waals surface area contributed by atoms with Gasteiger partial charge >= 0.3 is 0 Å². The van der Waals surface area contributed by atoms with Crippen LogP contribution in [0.3, 0.4) is 0 Å². The molecular weight excluding hydrogens is 195 g/mol. The van der Waals surface area contributed by atoms with Crippen LogP contribution in [-0.4, -0.2) is 5.91 Å². The lowest BCUT2D eigenvalue weighted by Crippen LogP contribution is -2.35. The monoisotopic (exact) mass is 202 g/mol. The summed E-state index contributed by atoms with van der Waals surface area (Å²) in [5, 5.41) is 0.833. The number of nitrogens with zero attached hydrogens (tertiary/aromatic N) is 1. The molecule has 0 bridgehead atoms. The average molecular weight is 203 g/mol. The quantitative estimate of drug-likeness (QED) is 0.428. The highest BCUT2D eigenvalue weighted by molar-refractivity contribution is 6.31. The molecule has 0 fully saturated rings. The molecule has 0 aliphatic heterocycles. The molecule has 70 valence electrons. The minimum Gasteiger partial charge on any atom is -0.273 e. The summed E-state index contributed by atoms with van der Waals surface area (Å²) in [6, 6.07) is 3.82. The number of carbonyl (C=O) groups is 1. The van der Waals surface area contributed by atoms with Crippen LogP contribution in [-0.2, 0) is 4.79 Å². The fourth-order valence-corrected chi connectivity index (χ4v) is 0.991. The molecule has 3 nitrogen and oxygen atoms in total. The Morgan fingerprint density at radius 2 is 2.23 bits per heavy atom. The third kappa shape index (κ3) is 2.17. The summed E-state index contributed by atoms with van der Waals surface area (Å²) < 4.78 is 12.7. The molecule has 0 spiro atoms. The molecule has 1 amide bonds. The van der Waals surface area contributed by atoms with Crippen molar-refractivity contribution in [3.05, 3.63) is 29.0 Å². The van der Waals surface area contributed by atoms with Crippen LogP contribution in [0.1, 0.15) is 6.92 Å². The van der Waals surface area contributed by atoms with Crippen molar-refractivity contribution in [1.29, 1.82) is 0 Å². The zero-order valence-corrected chi connectivity index (χ0v) is 7.68. The molecular formula is C8H8ClFN2O. The lowest BCUT2D eigenvalue weighted by atomic mass is 10.3. The highest BCUT2D eigenvalue weighted by Crippen LogP contribution is 2.20. The minimum absolute atomic E-state index is 0.0609. The topological polar surface area (TPSA) is 46.3 Å². The molecule has 0 aliphatic rings. The number of hydrogen-bond donors (Lipinski definition) is 1. The number of benzene rings is 1. The molecule has 1 rings (SSSR count). The smallest absolute Gasteiger partial charge is 0.238 e. The highest BCUT2D eigenvalue weighted by atomic mass is 35.5. The Morgan fingerprint density at radius 1 is 1.62 bits per heavy atom. The van der Waals surface area contributed by atoms with E-state index in [-0.39, 0.29) is 10.9 Å². The first-order valence-electron chi connectivity index (χ1n) is 3.53. The Bertz CT molecular complexity index is 343. The number of amides is 1. The number of hydrogen-bond acceptors (Lipinski definition) is 2. The van der Waals surface area contributed by atoms with E-state index in [2.05, 4.69) is 0 Å². The Balaban J connectivity index is 3.03. The maximum absolute atomic E-state index is 12.7. The fraction of sp³-hybridized carbons (Fsp3) is 0.125. The van der Waals surface area contributed by atoms with Gasteiger partial charge < -0.3 is 0 Å². The van der Waals surface area contributed by atoms with Gasteiger partial charge in [0.25, 0.3) is 0 Å². The molecule has 5 heteroatoms. The summed E-state index contributed by atoms with van der Waals surface area (Å²) in [7, 11) is 0. The molecule has 0 aliphatic carbocycles. The molecule has 0 saturated carbocycles. The first kappa shape index (κ1) is 9.95. The first-order valence-corrected chi connectivity index (χ1v) is 3.90. The van der Waals surface area contributed by atoms with Crippen LogP contribution in [0.2, 0.25) is 5.02 Å². The molecule has 0 aromatic heterocycles. The van der Waals surface area contributed by atoms with Gasteiger partial charge in [-0.1, -0.05) is 11.6 Å². The van der Waals surface area contributed by atoms with Gasteiger partial charge in [-0.25, -0.2) is 15.2 Å². The summed E-state index contributed by atoms with van der Waals surface area (Å²) in [5.41, 5.74) is 0.360. The summed E-state index contributed by atoms with van der Waals surface area (Å²) in [4.78, 5) is 10.8. The van der Waals surface area contributed by atoms with Crippen molar-refractivity contribution in [1.82, 2.24) is 0 Å². The molecule has 1 aromatic carbocycles. The standard InChI is InChI=1S/C8H8ClFN2O/c1-5(13)12(11)6-2-3-8(10)7(9)4-6/h2-4H,11H2,1H3. The minimum atomic E-state index is -0.539. The largest absolute Gasteiger partial charge is 0.273 e. The SMILES string of the molecule is CC(=O)N(N)c1ccc(F)c(Cl)c1. The second kappa shape index (κ2) is 3.72. The zero-order chi connectivity index (χ0) is 10.0. The van der Waals surface area contributed by atoms with Crippen molar-refractivity contribution >= 4 is 23.2 Å². The predicted molar refractivity (Wildman–Crippen MR) is 48.8 cm³/mol. The van der Waals surface area contributed by atoms with Gasteiger partial charge in [-0.15, -0.1) is 0 Å². The fourth-order valence-electron chi connectivity index (χ4n) is 0.817. The van der Waals surface area contributed by atoms with Crippen molar-refractivity contribution in [2.24, 2.45) is 5.84 Å². The van der Waals surface area contributed by atoms with Gasteiger partial charge in [0.15, 0.2) is 0 Å². The van der Waals surface area contributed by atoms with Gasteiger partial charge in [-0.3, -0.25) is 4.79 Å². The van der Waals surface area contributed by atoms with Crippen LogP contribution in [0.15, 0.2) is 18.2 Å². The summed E-state index contributed by atoms with van der Waals surface area (Å²) in [5.74, 6) is 4.48. The van der Waals surface area contributed by atoms with Gasteiger partial charge in [0.1, 0.15) is 5.82 Å². The normalized spacial score (nSPS) is 9.85. The van der Waals surface area contributed by atoms with E-state index in [1.165, 1.54) is 19.1 Å². The van der Waals surface area contributed by atoms with Crippen LogP contribution in [0.25, 0.3) is 0 Å². The highest BCUT2D eigenvalue weighted by Gasteiger charge is 2.08. The van der Waals surface area contributed by atoms with Crippen LogP contribution < -0.4 is 10.9 Å². The van der Waals surface area contributed by atoms with E-state index >= 15 is 0 Å². The lowest BCUT2D eigenvalue weighted by Gasteiger charge is -2.14. The predicted octanol–water partition coefficient (Wildman–Crippen LogP) is 1.71. The number of nitrogens with two attached hydrogens (primary N) is 1. The molecule has 0 unspecified atom stereocenters. The molecule has 0 saturated heterocycles. The number of carbonyl (C=O) groups excluding carboxylic acids is 1. The van der Waals surface area contributed by atoms with Crippen molar-refractivity contribution in [3.63, 3.8) is 0 Å². The van der Waals surface area contributed by atoms with Crippen LogP contribution in [0, 0.1) is 5.82 Å². The van der Waals surface area contributed by atoms with Gasteiger partial charge in [0, 0.05) is 6.92 Å². The van der Waals surface area contributed by atoms with E-state index in [1.807, 2.05) is 0 Å². The van der Waals surface area contributed by atoms with Crippen molar-refractivity contribution in [2.45, 2.75) is 6.92 Å². The molecule has 13 heavy (non-hydrogen) atoms. The van der Waals surface area contributed by atoms with Gasteiger partial charge in [-0.2, -0.15) is 0 Å². The number of anilines is 1. The second-order valence-electron chi connectivity index (χ2n) is 2.49. The second-order valence-corrected chi connectivity index (χ2v) is 2.89. The molecule has 2 N–H and O–H groups in total. The van der Waals surface area contributed by atoms with E-state index in [0.29, 0.717) is 5.69 Å². The van der Waals surface area contributed by atoms with Crippen LogP contribution >= 0.6 is 11.6 Å². The lowest BCUT2D eigenvalue weighted by molar-refractivity contribution is -0.116. The van der Waals surface area contributed by atoms with E-state index in [1.54, 1.807) is 0 Å². The molecule has 0 atom stereocenters. The van der Waals surface area contributed by atoms with E-state index < -0.39 is 5.82 Å². The first-order chi connectivity index (χ1) is 6.02. The van der Waals surface area contributed by atoms with Crippen LogP contribution in [0.5, 0.6) is 0 Å². The number of rotatable bonds is 1. The zero-order valence-electron chi connectivity index (χ0n) is 6.92. The maximum Gasteiger partial charge on any atom is 0.238 e. The van der Waals surface area contributed by atoms with Gasteiger partial charge in [0.2, 0.25) is 5.91 Å². The Kier molecular flexibility index (Phi) is 2.85. The van der Waals surface area contributed by atoms with Gasteiger partial charge in [-0.05, 0) is 18.2 Å². The van der Waals surface area contributed by atoms with Crippen LogP contribution in [0.4, 0.5) is 10.1 Å². The Hall–Kier alpha value is -1.13. The Morgan fingerprint density at radius 3 is 2.69 bits per heavy atom. The molecule has 1 aromatic rings. The maximum atomic E-state index is 12.7. The van der Waals surface area contributed by atoms with E-state index in [9.17, 15) is 9.18 Å². The average Bonchev–Trinajstić information content (AvgIpc) is 2.08. The third-order valence-electron chi connectivity index (χ3n) is 1.52. The van der Waals surface area contributed by atoms with E-state index in [0.717, 1.165) is 11.1 Å². The summed E-state index contributed by atoms with van der Waals surface area (Å²) in [6.07, 6.45) is 0. The van der Waals surface area contributed by atoms with E-state index in [4.69, 9.17) is 17.4 Å². The number of hydrazine groups is 1. The Labute approximate surface area is 79.9 Å². The van der Waals surface area contributed by atoms with Crippen molar-refractivity contribution < 1.29 is 9.18 Å². The third-order valence-corrected chi connectivity index (χ3v) is 1.81. The molecule has 0 radical (unpaired) electrons. The number of halogens is 2. The van der Waals surface area contributed by atoms with Crippen molar-refractivity contribution in [3.8, 4) is 0 Å².